The van der Waals surface area contributed by atoms with Gasteiger partial charge in [-0.15, -0.1) is 0 Å². The minimum Gasteiger partial charge on any atom is -0.478 e. The topological polar surface area (TPSA) is 38.3 Å². The van der Waals surface area contributed by atoms with E-state index in [1.807, 2.05) is 0 Å². The number of ether oxygens (including phenoxy) is 1. The van der Waals surface area contributed by atoms with Gasteiger partial charge in [0.25, 0.3) is 0 Å². The molecule has 0 bridgehead atoms. The highest BCUT2D eigenvalue weighted by molar-refractivity contribution is 5.87. The molecule has 0 aromatic heterocycles. The summed E-state index contributed by atoms with van der Waals surface area (Å²) in [5.74, 6) is 3.51. The average molecular weight is 265 g/mol. The van der Waals surface area contributed by atoms with Crippen molar-refractivity contribution in [2.24, 2.45) is 0 Å². The normalized spacial score (nSPS) is 9.84. The first kappa shape index (κ1) is 14.7. The minimum absolute atomic E-state index is 0.0396. The molecule has 1 aromatic carbocycles. The number of rotatable bonds is 4. The van der Waals surface area contributed by atoms with E-state index in [0.29, 0.717) is 0 Å². The maximum absolute atomic E-state index is 13.1. The Hall–Kier alpha value is -2.35. The summed E-state index contributed by atoms with van der Waals surface area (Å²) < 4.78 is 30.7. The van der Waals surface area contributed by atoms with Gasteiger partial charge in [-0.25, -0.2) is 8.78 Å². The third-order valence-electron chi connectivity index (χ3n) is 1.99. The maximum atomic E-state index is 13.1. The molecule has 0 saturated heterocycles. The molecule has 100 valence electrons. The molecular formula is C14H13F2NO2. The Kier molecular flexibility index (Phi) is 6.10. The van der Waals surface area contributed by atoms with Crippen LogP contribution < -0.4 is 10.1 Å². The van der Waals surface area contributed by atoms with Gasteiger partial charge in [-0.1, -0.05) is 17.9 Å². The summed E-state index contributed by atoms with van der Waals surface area (Å²) in [5, 5.41) is 2.52. The van der Waals surface area contributed by atoms with Crippen molar-refractivity contribution < 1.29 is 18.3 Å². The van der Waals surface area contributed by atoms with E-state index in [1.54, 1.807) is 13.0 Å². The number of carbonyl (C=O) groups is 1. The van der Waals surface area contributed by atoms with Gasteiger partial charge in [0.1, 0.15) is 12.4 Å². The van der Waals surface area contributed by atoms with E-state index in [4.69, 9.17) is 4.74 Å². The van der Waals surface area contributed by atoms with Crippen molar-refractivity contribution in [1.29, 1.82) is 0 Å². The Morgan fingerprint density at radius 3 is 2.89 bits per heavy atom. The summed E-state index contributed by atoms with van der Waals surface area (Å²) in [6.45, 7) is 1.87. The number of hydrogen-bond acceptors (Lipinski definition) is 2. The second-order valence-corrected chi connectivity index (χ2v) is 3.43. The zero-order chi connectivity index (χ0) is 14.1. The van der Waals surface area contributed by atoms with E-state index >= 15 is 0 Å². The number of benzene rings is 1. The number of hydrogen-bond donors (Lipinski definition) is 1. The van der Waals surface area contributed by atoms with Gasteiger partial charge in [0.05, 0.1) is 6.54 Å². The summed E-state index contributed by atoms with van der Waals surface area (Å²) in [5.41, 5.74) is 0. The van der Waals surface area contributed by atoms with Gasteiger partial charge in [-0.2, -0.15) is 0 Å². The quantitative estimate of drug-likeness (QED) is 0.668. The Labute approximate surface area is 110 Å². The van der Waals surface area contributed by atoms with Crippen LogP contribution in [0.15, 0.2) is 30.4 Å². The van der Waals surface area contributed by atoms with Crippen LogP contribution in [0.3, 0.4) is 0 Å². The molecule has 0 unspecified atom stereocenters. The van der Waals surface area contributed by atoms with Gasteiger partial charge in [0.2, 0.25) is 5.91 Å². The second-order valence-electron chi connectivity index (χ2n) is 3.43. The van der Waals surface area contributed by atoms with E-state index in [2.05, 4.69) is 17.2 Å². The Morgan fingerprint density at radius 2 is 2.21 bits per heavy atom. The molecule has 1 amide bonds. The van der Waals surface area contributed by atoms with Crippen LogP contribution in [-0.4, -0.2) is 19.1 Å². The molecule has 0 aliphatic heterocycles. The average Bonchev–Trinajstić information content (AvgIpc) is 2.36. The number of carbonyl (C=O) groups excluding carboxylic acids is 1. The summed E-state index contributed by atoms with van der Waals surface area (Å²) in [4.78, 5) is 11.0. The Bertz CT molecular complexity index is 530. The SMILES string of the molecule is C/C=C/C(=O)NCC#CCOc1ccc(F)cc1F. The predicted octanol–water partition coefficient (Wildman–Crippen LogP) is 2.04. The third-order valence-corrected chi connectivity index (χ3v) is 1.99. The third kappa shape index (κ3) is 5.68. The molecule has 1 rings (SSSR count). The zero-order valence-corrected chi connectivity index (χ0v) is 10.4. The number of nitrogens with one attached hydrogen (secondary N) is 1. The Morgan fingerprint density at radius 1 is 1.42 bits per heavy atom. The highest BCUT2D eigenvalue weighted by atomic mass is 19.1. The first-order chi connectivity index (χ1) is 9.13. The molecule has 3 nitrogen and oxygen atoms in total. The lowest BCUT2D eigenvalue weighted by molar-refractivity contribution is -0.116. The van der Waals surface area contributed by atoms with E-state index < -0.39 is 11.6 Å². The first-order valence-electron chi connectivity index (χ1n) is 5.57. The largest absolute Gasteiger partial charge is 0.478 e. The Balaban J connectivity index is 2.33. The van der Waals surface area contributed by atoms with Crippen molar-refractivity contribution in [3.63, 3.8) is 0 Å². The van der Waals surface area contributed by atoms with Gasteiger partial charge >= 0.3 is 0 Å². The van der Waals surface area contributed by atoms with Crippen LogP contribution in [0, 0.1) is 23.5 Å². The van der Waals surface area contributed by atoms with Crippen LogP contribution in [-0.2, 0) is 4.79 Å². The molecule has 0 atom stereocenters. The molecule has 0 spiro atoms. The predicted molar refractivity (Wildman–Crippen MR) is 67.5 cm³/mol. The van der Waals surface area contributed by atoms with Crippen molar-refractivity contribution in [3.8, 4) is 17.6 Å². The number of halogens is 2. The van der Waals surface area contributed by atoms with E-state index in [9.17, 15) is 13.6 Å². The first-order valence-corrected chi connectivity index (χ1v) is 5.57. The van der Waals surface area contributed by atoms with E-state index in [0.717, 1.165) is 12.1 Å². The van der Waals surface area contributed by atoms with Gasteiger partial charge in [-0.05, 0) is 25.1 Å². The van der Waals surface area contributed by atoms with Crippen molar-refractivity contribution in [3.05, 3.63) is 42.0 Å². The fourth-order valence-electron chi connectivity index (χ4n) is 1.16. The fourth-order valence-corrected chi connectivity index (χ4v) is 1.16. The van der Waals surface area contributed by atoms with Crippen molar-refractivity contribution in [1.82, 2.24) is 5.32 Å². The van der Waals surface area contributed by atoms with Gasteiger partial charge in [0.15, 0.2) is 11.6 Å². The van der Waals surface area contributed by atoms with Crippen molar-refractivity contribution >= 4 is 5.91 Å². The lowest BCUT2D eigenvalue weighted by Gasteiger charge is -2.02. The van der Waals surface area contributed by atoms with Gasteiger partial charge in [-0.3, -0.25) is 4.79 Å². The highest BCUT2D eigenvalue weighted by Gasteiger charge is 2.03. The fraction of sp³-hybridized carbons (Fsp3) is 0.214. The van der Waals surface area contributed by atoms with Crippen LogP contribution in [0.2, 0.25) is 0 Å². The van der Waals surface area contributed by atoms with Crippen LogP contribution in [0.5, 0.6) is 5.75 Å². The molecule has 0 aliphatic rings. The molecule has 5 heteroatoms. The lowest BCUT2D eigenvalue weighted by Crippen LogP contribution is -2.21. The zero-order valence-electron chi connectivity index (χ0n) is 10.4. The minimum atomic E-state index is -0.775. The summed E-state index contributed by atoms with van der Waals surface area (Å²) in [6, 6.07) is 3.03. The second kappa shape index (κ2) is 7.88. The summed E-state index contributed by atoms with van der Waals surface area (Å²) >= 11 is 0. The van der Waals surface area contributed by atoms with Crippen LogP contribution in [0.4, 0.5) is 8.78 Å². The van der Waals surface area contributed by atoms with Gasteiger partial charge < -0.3 is 10.1 Å². The lowest BCUT2D eigenvalue weighted by atomic mass is 10.3. The molecule has 0 fully saturated rings. The van der Waals surface area contributed by atoms with Crippen molar-refractivity contribution in [2.45, 2.75) is 6.92 Å². The standard InChI is InChI=1S/C14H13F2NO2/c1-2-5-14(18)17-8-3-4-9-19-13-7-6-11(15)10-12(13)16/h2,5-7,10H,8-9H2,1H3,(H,17,18)/b5-2+. The maximum Gasteiger partial charge on any atom is 0.244 e. The van der Waals surface area contributed by atoms with E-state index in [-0.39, 0.29) is 24.8 Å². The molecule has 19 heavy (non-hydrogen) atoms. The van der Waals surface area contributed by atoms with Crippen LogP contribution in [0.25, 0.3) is 0 Å². The summed E-state index contributed by atoms with van der Waals surface area (Å²) in [6.07, 6.45) is 3.00. The highest BCUT2D eigenvalue weighted by Crippen LogP contribution is 2.16. The number of amides is 1. The van der Waals surface area contributed by atoms with E-state index in [1.165, 1.54) is 12.1 Å². The number of allylic oxidation sites excluding steroid dienone is 1. The monoisotopic (exact) mass is 265 g/mol. The molecular weight excluding hydrogens is 252 g/mol. The molecule has 0 aliphatic carbocycles. The molecule has 0 heterocycles. The molecule has 0 saturated carbocycles. The molecule has 1 N–H and O–H groups in total. The molecule has 1 aromatic rings. The van der Waals surface area contributed by atoms with Crippen LogP contribution in [0.1, 0.15) is 6.92 Å². The van der Waals surface area contributed by atoms with Crippen molar-refractivity contribution in [2.75, 3.05) is 13.2 Å². The summed E-state index contributed by atoms with van der Waals surface area (Å²) in [7, 11) is 0. The molecule has 0 radical (unpaired) electrons. The van der Waals surface area contributed by atoms with Gasteiger partial charge in [0, 0.05) is 6.07 Å². The van der Waals surface area contributed by atoms with Crippen LogP contribution >= 0.6 is 0 Å². The smallest absolute Gasteiger partial charge is 0.244 e.